The fourth-order valence-corrected chi connectivity index (χ4v) is 2.29. The molecule has 1 aromatic rings. The van der Waals surface area contributed by atoms with Crippen LogP contribution >= 0.6 is 0 Å². The molecular weight excluding hydrogens is 238 g/mol. The minimum atomic E-state index is 0.0258. The number of nitrogens with one attached hydrogen (secondary N) is 1. The number of hydrogen-bond donors (Lipinski definition) is 1. The number of rotatable bonds is 4. The molecular formula is C15H23N3O. The van der Waals surface area contributed by atoms with E-state index in [1.165, 1.54) is 0 Å². The van der Waals surface area contributed by atoms with Crippen LogP contribution in [0, 0.1) is 6.92 Å². The molecule has 0 radical (unpaired) electrons. The quantitative estimate of drug-likeness (QED) is 0.877. The van der Waals surface area contributed by atoms with Crippen molar-refractivity contribution in [2.75, 3.05) is 46.3 Å². The number of hydrogen-bond acceptors (Lipinski definition) is 3. The van der Waals surface area contributed by atoms with E-state index in [9.17, 15) is 4.79 Å². The molecule has 1 aliphatic rings. The van der Waals surface area contributed by atoms with Crippen LogP contribution in [0.5, 0.6) is 0 Å². The van der Waals surface area contributed by atoms with Gasteiger partial charge in [0.15, 0.2) is 0 Å². The second-order valence-electron chi connectivity index (χ2n) is 5.27. The van der Waals surface area contributed by atoms with E-state index in [1.54, 1.807) is 0 Å². The average Bonchev–Trinajstić information content (AvgIpc) is 2.41. The van der Waals surface area contributed by atoms with Gasteiger partial charge in [0.05, 0.1) is 0 Å². The molecule has 4 heteroatoms. The van der Waals surface area contributed by atoms with Crippen molar-refractivity contribution in [3.63, 3.8) is 0 Å². The highest BCUT2D eigenvalue weighted by atomic mass is 16.1. The van der Waals surface area contributed by atoms with Crippen molar-refractivity contribution < 1.29 is 4.79 Å². The van der Waals surface area contributed by atoms with Gasteiger partial charge in [0.1, 0.15) is 0 Å². The van der Waals surface area contributed by atoms with Gasteiger partial charge < -0.3 is 10.2 Å². The number of benzene rings is 1. The second kappa shape index (κ2) is 6.68. The van der Waals surface area contributed by atoms with Crippen LogP contribution in [-0.2, 0) is 0 Å². The number of nitrogens with zero attached hydrogens (tertiary/aromatic N) is 2. The van der Waals surface area contributed by atoms with Gasteiger partial charge in [-0.2, -0.15) is 0 Å². The molecule has 1 aliphatic heterocycles. The number of carbonyl (C=O) groups is 1. The van der Waals surface area contributed by atoms with Gasteiger partial charge in [0.2, 0.25) is 0 Å². The van der Waals surface area contributed by atoms with Gasteiger partial charge >= 0.3 is 0 Å². The number of amides is 1. The lowest BCUT2D eigenvalue weighted by Gasteiger charge is -2.32. The molecule has 104 valence electrons. The first-order chi connectivity index (χ1) is 9.15. The maximum Gasteiger partial charge on any atom is 0.251 e. The molecule has 19 heavy (non-hydrogen) atoms. The summed E-state index contributed by atoms with van der Waals surface area (Å²) in [6.45, 7) is 8.08. The third-order valence-corrected chi connectivity index (χ3v) is 3.59. The summed E-state index contributed by atoms with van der Waals surface area (Å²) in [7, 11) is 2.15. The lowest BCUT2D eigenvalue weighted by Crippen LogP contribution is -2.46. The lowest BCUT2D eigenvalue weighted by molar-refractivity contribution is 0.0941. The van der Waals surface area contributed by atoms with Crippen molar-refractivity contribution in [2.24, 2.45) is 0 Å². The molecule has 0 atom stereocenters. The highest BCUT2D eigenvalue weighted by molar-refractivity contribution is 5.94. The molecule has 1 saturated heterocycles. The van der Waals surface area contributed by atoms with Crippen molar-refractivity contribution in [3.05, 3.63) is 35.4 Å². The molecule has 1 amide bonds. The van der Waals surface area contributed by atoms with Crippen molar-refractivity contribution >= 4 is 5.91 Å². The topological polar surface area (TPSA) is 35.6 Å². The SMILES string of the molecule is Cc1cccc(C(=O)NCCN2CCN(C)CC2)c1. The Labute approximate surface area is 115 Å². The number of carbonyl (C=O) groups excluding carboxylic acids is 1. The van der Waals surface area contributed by atoms with Crippen LogP contribution in [0.1, 0.15) is 15.9 Å². The minimum Gasteiger partial charge on any atom is -0.351 e. The van der Waals surface area contributed by atoms with Crippen LogP contribution < -0.4 is 5.32 Å². The van der Waals surface area contributed by atoms with Crippen LogP contribution in [0.4, 0.5) is 0 Å². The first-order valence-electron chi connectivity index (χ1n) is 6.91. The fraction of sp³-hybridized carbons (Fsp3) is 0.533. The first-order valence-corrected chi connectivity index (χ1v) is 6.91. The Balaban J connectivity index is 1.72. The highest BCUT2D eigenvalue weighted by Gasteiger charge is 2.13. The predicted octanol–water partition coefficient (Wildman–Crippen LogP) is 0.972. The molecule has 0 aromatic heterocycles. The Hall–Kier alpha value is -1.39. The standard InChI is InChI=1S/C15H23N3O/c1-13-4-3-5-14(12-13)15(19)16-6-7-18-10-8-17(2)9-11-18/h3-5,12H,6-11H2,1-2H3,(H,16,19). The molecule has 4 nitrogen and oxygen atoms in total. The van der Waals surface area contributed by atoms with Gasteiger partial charge in [-0.3, -0.25) is 9.69 Å². The van der Waals surface area contributed by atoms with Crippen molar-refractivity contribution in [3.8, 4) is 0 Å². The molecule has 1 aromatic carbocycles. The molecule has 0 saturated carbocycles. The molecule has 2 rings (SSSR count). The zero-order valence-electron chi connectivity index (χ0n) is 11.9. The van der Waals surface area contributed by atoms with Crippen LogP contribution in [0.15, 0.2) is 24.3 Å². The summed E-state index contributed by atoms with van der Waals surface area (Å²) in [6, 6.07) is 7.70. The Bertz CT molecular complexity index is 425. The van der Waals surface area contributed by atoms with Crippen molar-refractivity contribution in [2.45, 2.75) is 6.92 Å². The monoisotopic (exact) mass is 261 g/mol. The van der Waals surface area contributed by atoms with E-state index in [1.807, 2.05) is 31.2 Å². The van der Waals surface area contributed by atoms with E-state index >= 15 is 0 Å². The summed E-state index contributed by atoms with van der Waals surface area (Å²) in [5.74, 6) is 0.0258. The molecule has 0 spiro atoms. The molecule has 1 fully saturated rings. The van der Waals surface area contributed by atoms with Gasteiger partial charge in [-0.15, -0.1) is 0 Å². The maximum absolute atomic E-state index is 12.0. The smallest absolute Gasteiger partial charge is 0.251 e. The van der Waals surface area contributed by atoms with Crippen LogP contribution in [0.25, 0.3) is 0 Å². The van der Waals surface area contributed by atoms with Crippen LogP contribution in [0.3, 0.4) is 0 Å². The summed E-state index contributed by atoms with van der Waals surface area (Å²) in [5, 5.41) is 2.99. The zero-order valence-corrected chi connectivity index (χ0v) is 11.9. The molecule has 0 unspecified atom stereocenters. The van der Waals surface area contributed by atoms with Gasteiger partial charge in [-0.25, -0.2) is 0 Å². The molecule has 1 N–H and O–H groups in total. The summed E-state index contributed by atoms with van der Waals surface area (Å²) < 4.78 is 0. The Morgan fingerprint density at radius 2 is 2.00 bits per heavy atom. The lowest BCUT2D eigenvalue weighted by atomic mass is 10.1. The van der Waals surface area contributed by atoms with E-state index in [2.05, 4.69) is 22.2 Å². The number of aryl methyl sites for hydroxylation is 1. The first kappa shape index (κ1) is 14.0. The third-order valence-electron chi connectivity index (χ3n) is 3.59. The number of piperazine rings is 1. The van der Waals surface area contributed by atoms with Crippen LogP contribution in [0.2, 0.25) is 0 Å². The van der Waals surface area contributed by atoms with E-state index in [0.29, 0.717) is 0 Å². The van der Waals surface area contributed by atoms with E-state index < -0.39 is 0 Å². The average molecular weight is 261 g/mol. The summed E-state index contributed by atoms with van der Waals surface area (Å²) in [6.07, 6.45) is 0. The molecule has 1 heterocycles. The predicted molar refractivity (Wildman–Crippen MR) is 77.4 cm³/mol. The summed E-state index contributed by atoms with van der Waals surface area (Å²) >= 11 is 0. The minimum absolute atomic E-state index is 0.0258. The van der Waals surface area contributed by atoms with Gasteiger partial charge in [0.25, 0.3) is 5.91 Å². The summed E-state index contributed by atoms with van der Waals surface area (Å²) in [4.78, 5) is 16.7. The maximum atomic E-state index is 12.0. The highest BCUT2D eigenvalue weighted by Crippen LogP contribution is 2.03. The van der Waals surface area contributed by atoms with Gasteiger partial charge in [0, 0.05) is 44.8 Å². The van der Waals surface area contributed by atoms with Crippen molar-refractivity contribution in [1.82, 2.24) is 15.1 Å². The Morgan fingerprint density at radius 1 is 1.26 bits per heavy atom. The third kappa shape index (κ3) is 4.33. The molecule has 0 aliphatic carbocycles. The van der Waals surface area contributed by atoms with Crippen LogP contribution in [-0.4, -0.2) is 62.0 Å². The Kier molecular flexibility index (Phi) is 4.93. The van der Waals surface area contributed by atoms with E-state index in [4.69, 9.17) is 0 Å². The molecule has 0 bridgehead atoms. The van der Waals surface area contributed by atoms with E-state index in [0.717, 1.165) is 50.4 Å². The van der Waals surface area contributed by atoms with E-state index in [-0.39, 0.29) is 5.91 Å². The fourth-order valence-electron chi connectivity index (χ4n) is 2.29. The normalized spacial score (nSPS) is 17.4. The van der Waals surface area contributed by atoms with Gasteiger partial charge in [-0.1, -0.05) is 17.7 Å². The Morgan fingerprint density at radius 3 is 2.68 bits per heavy atom. The van der Waals surface area contributed by atoms with Gasteiger partial charge in [-0.05, 0) is 26.1 Å². The van der Waals surface area contributed by atoms with Crippen molar-refractivity contribution in [1.29, 1.82) is 0 Å². The largest absolute Gasteiger partial charge is 0.351 e. The second-order valence-corrected chi connectivity index (χ2v) is 5.27. The zero-order chi connectivity index (χ0) is 13.7. The summed E-state index contributed by atoms with van der Waals surface area (Å²) in [5.41, 5.74) is 1.87. The number of likely N-dealkylation sites (N-methyl/N-ethyl adjacent to an activating group) is 1.